The van der Waals surface area contributed by atoms with Gasteiger partial charge in [0.25, 0.3) is 0 Å². The van der Waals surface area contributed by atoms with Gasteiger partial charge >= 0.3 is 0 Å². The standard InChI is InChI=1S/C10H9NO3/c1-13-8-3-2-7(10(11)12)6-4-5-14-9(6)8/h2-5H,1H3,(H2,11,12). The normalized spacial score (nSPS) is 10.4. The molecule has 72 valence electrons. The van der Waals surface area contributed by atoms with Gasteiger partial charge in [-0.3, -0.25) is 4.79 Å². The highest BCUT2D eigenvalue weighted by Crippen LogP contribution is 2.28. The van der Waals surface area contributed by atoms with Crippen molar-refractivity contribution in [1.82, 2.24) is 0 Å². The van der Waals surface area contributed by atoms with Crippen LogP contribution in [0.4, 0.5) is 0 Å². The number of ether oxygens (including phenoxy) is 1. The van der Waals surface area contributed by atoms with Gasteiger partial charge in [-0.2, -0.15) is 0 Å². The Morgan fingerprint density at radius 1 is 1.43 bits per heavy atom. The Morgan fingerprint density at radius 2 is 2.21 bits per heavy atom. The Balaban J connectivity index is 2.78. The van der Waals surface area contributed by atoms with Crippen molar-refractivity contribution in [2.45, 2.75) is 0 Å². The number of primary amides is 1. The Bertz CT molecular complexity index is 487. The summed E-state index contributed by atoms with van der Waals surface area (Å²) in [5, 5.41) is 0.678. The lowest BCUT2D eigenvalue weighted by molar-refractivity contribution is 0.100. The predicted octanol–water partition coefficient (Wildman–Crippen LogP) is 1.54. The number of amides is 1. The molecule has 2 rings (SSSR count). The molecule has 0 spiro atoms. The van der Waals surface area contributed by atoms with E-state index in [1.54, 1.807) is 25.3 Å². The van der Waals surface area contributed by atoms with Gasteiger partial charge in [0.2, 0.25) is 5.91 Å². The molecule has 0 aliphatic carbocycles. The van der Waals surface area contributed by atoms with Crippen molar-refractivity contribution < 1.29 is 13.9 Å². The fourth-order valence-corrected chi connectivity index (χ4v) is 1.41. The fraction of sp³-hybridized carbons (Fsp3) is 0.100. The molecule has 0 aliphatic rings. The SMILES string of the molecule is COc1ccc(C(N)=O)c2ccoc12. The van der Waals surface area contributed by atoms with Crippen LogP contribution in [0.1, 0.15) is 10.4 Å². The molecule has 0 fully saturated rings. The van der Waals surface area contributed by atoms with Crippen LogP contribution < -0.4 is 10.5 Å². The van der Waals surface area contributed by atoms with E-state index < -0.39 is 5.91 Å². The summed E-state index contributed by atoms with van der Waals surface area (Å²) in [6.45, 7) is 0. The van der Waals surface area contributed by atoms with E-state index in [0.717, 1.165) is 0 Å². The third-order valence-corrected chi connectivity index (χ3v) is 2.07. The molecule has 14 heavy (non-hydrogen) atoms. The first kappa shape index (κ1) is 8.62. The molecule has 2 aromatic rings. The van der Waals surface area contributed by atoms with Crippen LogP contribution in [0.5, 0.6) is 5.75 Å². The van der Waals surface area contributed by atoms with E-state index in [1.165, 1.54) is 6.26 Å². The highest BCUT2D eigenvalue weighted by atomic mass is 16.5. The monoisotopic (exact) mass is 191 g/mol. The molecular weight excluding hydrogens is 182 g/mol. The molecule has 0 atom stereocenters. The molecule has 1 heterocycles. The summed E-state index contributed by atoms with van der Waals surface area (Å²) in [5.74, 6) is 0.119. The summed E-state index contributed by atoms with van der Waals surface area (Å²) < 4.78 is 10.3. The van der Waals surface area contributed by atoms with Crippen LogP contribution in [0.15, 0.2) is 28.9 Å². The topological polar surface area (TPSA) is 65.5 Å². The summed E-state index contributed by atoms with van der Waals surface area (Å²) in [6, 6.07) is 4.98. The number of fused-ring (bicyclic) bond motifs is 1. The molecule has 0 saturated heterocycles. The van der Waals surface area contributed by atoms with Gasteiger partial charge in [-0.05, 0) is 18.2 Å². The second kappa shape index (κ2) is 3.06. The fourth-order valence-electron chi connectivity index (χ4n) is 1.41. The number of hydrogen-bond acceptors (Lipinski definition) is 3. The maximum absolute atomic E-state index is 11.1. The van der Waals surface area contributed by atoms with Crippen molar-refractivity contribution in [2.75, 3.05) is 7.11 Å². The van der Waals surface area contributed by atoms with Gasteiger partial charge < -0.3 is 14.9 Å². The smallest absolute Gasteiger partial charge is 0.249 e. The number of nitrogens with two attached hydrogens (primary N) is 1. The molecule has 4 heteroatoms. The molecule has 1 aromatic carbocycles. The van der Waals surface area contributed by atoms with Crippen LogP contribution in [-0.2, 0) is 0 Å². The van der Waals surface area contributed by atoms with E-state index in [1.807, 2.05) is 0 Å². The van der Waals surface area contributed by atoms with E-state index in [2.05, 4.69) is 0 Å². The first-order valence-corrected chi connectivity index (χ1v) is 4.08. The van der Waals surface area contributed by atoms with Gasteiger partial charge in [0, 0.05) is 5.39 Å². The maximum Gasteiger partial charge on any atom is 0.249 e. The maximum atomic E-state index is 11.1. The molecule has 0 aliphatic heterocycles. The second-order valence-corrected chi connectivity index (χ2v) is 2.84. The molecule has 2 N–H and O–H groups in total. The van der Waals surface area contributed by atoms with Crippen molar-refractivity contribution in [2.24, 2.45) is 5.73 Å². The Labute approximate surface area is 80.3 Å². The van der Waals surface area contributed by atoms with Gasteiger partial charge in [0.05, 0.1) is 18.9 Å². The zero-order valence-electron chi connectivity index (χ0n) is 7.61. The van der Waals surface area contributed by atoms with Crippen LogP contribution >= 0.6 is 0 Å². The molecule has 1 amide bonds. The minimum atomic E-state index is -0.473. The zero-order chi connectivity index (χ0) is 10.1. The predicted molar refractivity (Wildman–Crippen MR) is 51.3 cm³/mol. The van der Waals surface area contributed by atoms with E-state index >= 15 is 0 Å². The summed E-state index contributed by atoms with van der Waals surface area (Å²) in [4.78, 5) is 11.1. The molecule has 0 saturated carbocycles. The van der Waals surface area contributed by atoms with Crippen LogP contribution in [0.25, 0.3) is 11.0 Å². The number of furan rings is 1. The number of methoxy groups -OCH3 is 1. The summed E-state index contributed by atoms with van der Waals surface area (Å²) >= 11 is 0. The molecule has 1 aromatic heterocycles. The lowest BCUT2D eigenvalue weighted by Crippen LogP contribution is -2.11. The van der Waals surface area contributed by atoms with Gasteiger partial charge in [-0.15, -0.1) is 0 Å². The van der Waals surface area contributed by atoms with Crippen molar-refractivity contribution in [3.63, 3.8) is 0 Å². The number of benzene rings is 1. The molecule has 4 nitrogen and oxygen atoms in total. The quantitative estimate of drug-likeness (QED) is 0.782. The average Bonchev–Trinajstić information content (AvgIpc) is 2.64. The van der Waals surface area contributed by atoms with Crippen LogP contribution in [0.3, 0.4) is 0 Å². The van der Waals surface area contributed by atoms with E-state index in [4.69, 9.17) is 14.9 Å². The van der Waals surface area contributed by atoms with E-state index in [-0.39, 0.29) is 0 Å². The van der Waals surface area contributed by atoms with Crippen LogP contribution in [0.2, 0.25) is 0 Å². The zero-order valence-corrected chi connectivity index (χ0v) is 7.61. The average molecular weight is 191 g/mol. The summed E-state index contributed by atoms with van der Waals surface area (Å²) in [7, 11) is 1.54. The Morgan fingerprint density at radius 3 is 2.86 bits per heavy atom. The lowest BCUT2D eigenvalue weighted by Gasteiger charge is -2.02. The van der Waals surface area contributed by atoms with E-state index in [9.17, 15) is 4.79 Å². The minimum absolute atomic E-state index is 0.439. The molecule has 0 bridgehead atoms. The first-order valence-electron chi connectivity index (χ1n) is 4.08. The van der Waals surface area contributed by atoms with Gasteiger partial charge in [-0.25, -0.2) is 0 Å². The number of carbonyl (C=O) groups excluding carboxylic acids is 1. The molecular formula is C10H9NO3. The summed E-state index contributed by atoms with van der Waals surface area (Å²) in [5.41, 5.74) is 6.19. The van der Waals surface area contributed by atoms with Crippen molar-refractivity contribution >= 4 is 16.9 Å². The number of hydrogen-bond donors (Lipinski definition) is 1. The third kappa shape index (κ3) is 1.12. The van der Waals surface area contributed by atoms with E-state index in [0.29, 0.717) is 22.3 Å². The van der Waals surface area contributed by atoms with Crippen molar-refractivity contribution in [3.05, 3.63) is 30.0 Å². The van der Waals surface area contributed by atoms with Gasteiger partial charge in [0.1, 0.15) is 0 Å². The van der Waals surface area contributed by atoms with Gasteiger partial charge in [-0.1, -0.05) is 0 Å². The second-order valence-electron chi connectivity index (χ2n) is 2.84. The summed E-state index contributed by atoms with van der Waals surface area (Å²) in [6.07, 6.45) is 1.50. The van der Waals surface area contributed by atoms with Crippen molar-refractivity contribution in [1.29, 1.82) is 0 Å². The van der Waals surface area contributed by atoms with Crippen LogP contribution in [0, 0.1) is 0 Å². The number of carbonyl (C=O) groups is 1. The molecule has 0 radical (unpaired) electrons. The minimum Gasteiger partial charge on any atom is -0.493 e. The Kier molecular flexibility index (Phi) is 1.89. The first-order chi connectivity index (χ1) is 6.74. The molecule has 0 unspecified atom stereocenters. The van der Waals surface area contributed by atoms with Crippen molar-refractivity contribution in [3.8, 4) is 5.75 Å². The number of rotatable bonds is 2. The highest BCUT2D eigenvalue weighted by Gasteiger charge is 2.12. The Hall–Kier alpha value is -1.97. The largest absolute Gasteiger partial charge is 0.493 e. The lowest BCUT2D eigenvalue weighted by atomic mass is 10.1. The van der Waals surface area contributed by atoms with Crippen LogP contribution in [-0.4, -0.2) is 13.0 Å². The van der Waals surface area contributed by atoms with Gasteiger partial charge in [0.15, 0.2) is 11.3 Å². The highest BCUT2D eigenvalue weighted by molar-refractivity contribution is 6.06. The third-order valence-electron chi connectivity index (χ3n) is 2.07.